The number of hydrogen-bond donors (Lipinski definition) is 1. The summed E-state index contributed by atoms with van der Waals surface area (Å²) in [7, 11) is 0. The number of amides is 1. The van der Waals surface area contributed by atoms with Gasteiger partial charge in [0.15, 0.2) is 0 Å². The van der Waals surface area contributed by atoms with Crippen LogP contribution in [0.2, 0.25) is 0 Å². The second-order valence-electron chi connectivity index (χ2n) is 5.66. The van der Waals surface area contributed by atoms with E-state index in [1.807, 2.05) is 23.6 Å². The minimum Gasteiger partial charge on any atom is -0.481 e. The van der Waals surface area contributed by atoms with Crippen LogP contribution in [0.1, 0.15) is 52.4 Å². The van der Waals surface area contributed by atoms with E-state index in [-0.39, 0.29) is 18.4 Å². The maximum Gasteiger partial charge on any atom is 0.304 e. The fraction of sp³-hybridized carbons (Fsp3) is 0.867. The van der Waals surface area contributed by atoms with E-state index in [0.29, 0.717) is 13.1 Å². The van der Waals surface area contributed by atoms with Gasteiger partial charge in [0, 0.05) is 19.1 Å². The van der Waals surface area contributed by atoms with Crippen LogP contribution in [-0.2, 0) is 9.59 Å². The molecule has 1 unspecified atom stereocenters. The third-order valence-corrected chi connectivity index (χ3v) is 4.05. The summed E-state index contributed by atoms with van der Waals surface area (Å²) in [5.74, 6) is -0.666. The molecule has 5 heteroatoms. The summed E-state index contributed by atoms with van der Waals surface area (Å²) in [6.07, 6.45) is 5.94. The normalized spacial score (nSPS) is 18.4. The summed E-state index contributed by atoms with van der Waals surface area (Å²) in [5.41, 5.74) is 0. The number of carboxylic acids is 1. The third kappa shape index (κ3) is 5.90. The van der Waals surface area contributed by atoms with Crippen LogP contribution in [-0.4, -0.2) is 59.0 Å². The van der Waals surface area contributed by atoms with E-state index >= 15 is 0 Å². The minimum atomic E-state index is -0.811. The second-order valence-corrected chi connectivity index (χ2v) is 5.66. The number of carbonyl (C=O) groups excluding carboxylic acids is 1. The molecule has 0 bridgehead atoms. The van der Waals surface area contributed by atoms with Crippen molar-refractivity contribution < 1.29 is 14.7 Å². The maximum absolute atomic E-state index is 12.4. The van der Waals surface area contributed by atoms with Crippen LogP contribution in [0.15, 0.2) is 0 Å². The molecular formula is C15H28N2O3. The summed E-state index contributed by atoms with van der Waals surface area (Å²) >= 11 is 0. The number of likely N-dealkylation sites (N-methyl/N-ethyl adjacent to an activating group) is 1. The van der Waals surface area contributed by atoms with Gasteiger partial charge in [0.1, 0.15) is 0 Å². The zero-order valence-electron chi connectivity index (χ0n) is 12.8. The number of rotatable bonds is 6. The van der Waals surface area contributed by atoms with Gasteiger partial charge in [-0.15, -0.1) is 0 Å². The van der Waals surface area contributed by atoms with Gasteiger partial charge in [0.2, 0.25) is 5.91 Å². The fourth-order valence-electron chi connectivity index (χ4n) is 2.73. The van der Waals surface area contributed by atoms with Gasteiger partial charge in [-0.1, -0.05) is 26.2 Å². The number of nitrogens with zero attached hydrogens (tertiary/aromatic N) is 2. The molecule has 0 aromatic rings. The summed E-state index contributed by atoms with van der Waals surface area (Å²) < 4.78 is 0. The second kappa shape index (κ2) is 8.95. The molecule has 20 heavy (non-hydrogen) atoms. The van der Waals surface area contributed by atoms with Gasteiger partial charge in [0.25, 0.3) is 0 Å². The van der Waals surface area contributed by atoms with Gasteiger partial charge in [-0.2, -0.15) is 0 Å². The maximum atomic E-state index is 12.4. The molecule has 0 aromatic heterocycles. The fourth-order valence-corrected chi connectivity index (χ4v) is 2.73. The van der Waals surface area contributed by atoms with Gasteiger partial charge in [-0.05, 0) is 26.3 Å². The Kier molecular flexibility index (Phi) is 7.59. The molecule has 0 radical (unpaired) electrons. The lowest BCUT2D eigenvalue weighted by Crippen LogP contribution is -2.45. The summed E-state index contributed by atoms with van der Waals surface area (Å²) in [6.45, 7) is 6.59. The highest BCUT2D eigenvalue weighted by Crippen LogP contribution is 2.12. The van der Waals surface area contributed by atoms with Gasteiger partial charge in [-0.3, -0.25) is 14.5 Å². The van der Waals surface area contributed by atoms with Crippen molar-refractivity contribution in [3.05, 3.63) is 0 Å². The van der Waals surface area contributed by atoms with Gasteiger partial charge in [-0.25, -0.2) is 0 Å². The number of aliphatic carboxylic acids is 1. The quantitative estimate of drug-likeness (QED) is 0.810. The van der Waals surface area contributed by atoms with Crippen molar-refractivity contribution in [3.8, 4) is 0 Å². The van der Waals surface area contributed by atoms with Crippen molar-refractivity contribution in [2.45, 2.75) is 58.4 Å². The summed E-state index contributed by atoms with van der Waals surface area (Å²) in [6, 6.07) is -0.101. The molecule has 1 aliphatic heterocycles. The monoisotopic (exact) mass is 284 g/mol. The summed E-state index contributed by atoms with van der Waals surface area (Å²) in [5, 5.41) is 8.86. The van der Waals surface area contributed by atoms with Crippen LogP contribution < -0.4 is 0 Å². The molecule has 1 saturated heterocycles. The molecule has 116 valence electrons. The highest BCUT2D eigenvalue weighted by molar-refractivity contribution is 5.78. The Morgan fingerprint density at radius 1 is 1.15 bits per heavy atom. The molecular weight excluding hydrogens is 256 g/mol. The number of carbonyl (C=O) groups is 2. The molecule has 1 rings (SSSR count). The smallest absolute Gasteiger partial charge is 0.304 e. The van der Waals surface area contributed by atoms with Crippen LogP contribution in [0.5, 0.6) is 0 Å². The molecule has 1 fully saturated rings. The number of hydrogen-bond acceptors (Lipinski definition) is 3. The Morgan fingerprint density at radius 3 is 2.20 bits per heavy atom. The zero-order chi connectivity index (χ0) is 15.0. The third-order valence-electron chi connectivity index (χ3n) is 4.05. The highest BCUT2D eigenvalue weighted by Gasteiger charge is 2.21. The van der Waals surface area contributed by atoms with Crippen molar-refractivity contribution in [3.63, 3.8) is 0 Å². The van der Waals surface area contributed by atoms with E-state index in [0.717, 1.165) is 25.9 Å². The van der Waals surface area contributed by atoms with Crippen molar-refractivity contribution in [1.29, 1.82) is 0 Å². The minimum absolute atomic E-state index is 0.0844. The van der Waals surface area contributed by atoms with E-state index < -0.39 is 5.97 Å². The van der Waals surface area contributed by atoms with Crippen LogP contribution >= 0.6 is 0 Å². The Morgan fingerprint density at radius 2 is 1.70 bits per heavy atom. The molecule has 1 amide bonds. The molecule has 1 heterocycles. The molecule has 0 spiro atoms. The predicted octanol–water partition coefficient (Wildman–Crippen LogP) is 1.96. The van der Waals surface area contributed by atoms with Crippen LogP contribution in [0.3, 0.4) is 0 Å². The zero-order valence-corrected chi connectivity index (χ0v) is 12.8. The molecule has 5 nitrogen and oxygen atoms in total. The Bertz CT molecular complexity index is 312. The first-order valence-corrected chi connectivity index (χ1v) is 7.78. The first-order valence-electron chi connectivity index (χ1n) is 7.78. The first kappa shape index (κ1) is 17.0. The van der Waals surface area contributed by atoms with Crippen molar-refractivity contribution in [1.82, 2.24) is 9.80 Å². The van der Waals surface area contributed by atoms with E-state index in [9.17, 15) is 9.59 Å². The van der Waals surface area contributed by atoms with Crippen LogP contribution in [0.4, 0.5) is 0 Å². The van der Waals surface area contributed by atoms with Crippen LogP contribution in [0.25, 0.3) is 0 Å². The van der Waals surface area contributed by atoms with E-state index in [2.05, 4.69) is 0 Å². The van der Waals surface area contributed by atoms with E-state index in [1.165, 1.54) is 19.3 Å². The van der Waals surface area contributed by atoms with Crippen molar-refractivity contribution >= 4 is 11.9 Å². The standard InChI is InChI=1S/C15H28N2O3/c1-3-16(13(2)11-15(19)20)12-14(18)17-9-7-5-4-6-8-10-17/h13H,3-12H2,1-2H3,(H,19,20). The number of carboxylic acid groups (broad SMARTS) is 1. The predicted molar refractivity (Wildman–Crippen MR) is 78.6 cm³/mol. The lowest BCUT2D eigenvalue weighted by Gasteiger charge is -2.30. The van der Waals surface area contributed by atoms with Gasteiger partial charge in [0.05, 0.1) is 13.0 Å². The van der Waals surface area contributed by atoms with E-state index in [1.54, 1.807) is 0 Å². The Balaban J connectivity index is 2.49. The Hall–Kier alpha value is -1.10. The van der Waals surface area contributed by atoms with Crippen molar-refractivity contribution in [2.75, 3.05) is 26.2 Å². The lowest BCUT2D eigenvalue weighted by atomic mass is 10.1. The SMILES string of the molecule is CCN(CC(=O)N1CCCCCCC1)C(C)CC(=O)O. The molecule has 1 N–H and O–H groups in total. The molecule has 1 aliphatic rings. The Labute approximate surface area is 121 Å². The largest absolute Gasteiger partial charge is 0.481 e. The average molecular weight is 284 g/mol. The molecule has 0 aliphatic carbocycles. The topological polar surface area (TPSA) is 60.9 Å². The molecule has 0 aromatic carbocycles. The van der Waals surface area contributed by atoms with E-state index in [4.69, 9.17) is 5.11 Å². The van der Waals surface area contributed by atoms with Crippen molar-refractivity contribution in [2.24, 2.45) is 0 Å². The summed E-state index contributed by atoms with van der Waals surface area (Å²) in [4.78, 5) is 27.0. The number of likely N-dealkylation sites (tertiary alicyclic amines) is 1. The van der Waals surface area contributed by atoms with Gasteiger partial charge < -0.3 is 10.0 Å². The van der Waals surface area contributed by atoms with Crippen LogP contribution in [0, 0.1) is 0 Å². The van der Waals surface area contributed by atoms with Gasteiger partial charge >= 0.3 is 5.97 Å². The molecule has 0 saturated carbocycles. The first-order chi connectivity index (χ1) is 9.54. The average Bonchev–Trinajstić information content (AvgIpc) is 2.34. The molecule has 1 atom stereocenters. The lowest BCUT2D eigenvalue weighted by molar-refractivity contribution is -0.140. The highest BCUT2D eigenvalue weighted by atomic mass is 16.4.